The molecule has 1 saturated heterocycles. The number of hydrogen-bond donors (Lipinski definition) is 1. The lowest BCUT2D eigenvalue weighted by molar-refractivity contribution is -0.384. The maximum absolute atomic E-state index is 12.5. The van der Waals surface area contributed by atoms with Gasteiger partial charge in [0.2, 0.25) is 0 Å². The molecule has 8 heteroatoms. The van der Waals surface area contributed by atoms with Gasteiger partial charge in [-0.3, -0.25) is 14.9 Å². The second-order valence-electron chi connectivity index (χ2n) is 7.17. The first-order valence-electron chi connectivity index (χ1n) is 9.85. The predicted molar refractivity (Wildman–Crippen MR) is 115 cm³/mol. The smallest absolute Gasteiger partial charge is 0.270 e. The predicted octanol–water partition coefficient (Wildman–Crippen LogP) is 4.29. The van der Waals surface area contributed by atoms with Crippen LogP contribution in [-0.2, 0) is 0 Å². The number of anilines is 2. The molecule has 1 amide bonds. The van der Waals surface area contributed by atoms with E-state index in [0.717, 1.165) is 24.5 Å². The molecule has 1 N–H and O–H groups in total. The molecule has 1 aromatic heterocycles. The second-order valence-corrected chi connectivity index (χ2v) is 7.17. The standard InChI is InChI=1S/C22H21N5O3/c28-22(17-7-5-9-19(15-17)27(29)30)23-18-8-4-6-16(14-18)20-10-11-21(25-24-20)26-12-2-1-3-13-26/h4-11,14-15H,1-3,12-13H2,(H,23,28). The third kappa shape index (κ3) is 4.43. The number of nitro benzene ring substituents is 1. The maximum atomic E-state index is 12.5. The third-order valence-electron chi connectivity index (χ3n) is 5.07. The minimum absolute atomic E-state index is 0.125. The van der Waals surface area contributed by atoms with Gasteiger partial charge in [-0.05, 0) is 49.6 Å². The number of carbonyl (C=O) groups excluding carboxylic acids is 1. The van der Waals surface area contributed by atoms with Gasteiger partial charge in [-0.25, -0.2) is 0 Å². The Labute approximate surface area is 173 Å². The van der Waals surface area contributed by atoms with E-state index in [1.807, 2.05) is 24.3 Å². The molecule has 0 aliphatic carbocycles. The summed E-state index contributed by atoms with van der Waals surface area (Å²) in [7, 11) is 0. The van der Waals surface area contributed by atoms with Crippen LogP contribution in [0.25, 0.3) is 11.3 Å². The van der Waals surface area contributed by atoms with E-state index in [1.165, 1.54) is 43.5 Å². The molecule has 0 atom stereocenters. The summed E-state index contributed by atoms with van der Waals surface area (Å²) < 4.78 is 0. The number of hydrogen-bond acceptors (Lipinski definition) is 6. The van der Waals surface area contributed by atoms with Crippen LogP contribution in [0.15, 0.2) is 60.7 Å². The lowest BCUT2D eigenvalue weighted by atomic mass is 10.1. The van der Waals surface area contributed by atoms with Crippen molar-refractivity contribution in [3.05, 3.63) is 76.3 Å². The molecule has 2 heterocycles. The summed E-state index contributed by atoms with van der Waals surface area (Å²) in [6.07, 6.45) is 3.61. The molecule has 3 aromatic rings. The zero-order valence-corrected chi connectivity index (χ0v) is 16.3. The lowest BCUT2D eigenvalue weighted by Gasteiger charge is -2.27. The summed E-state index contributed by atoms with van der Waals surface area (Å²) in [4.78, 5) is 25.1. The average molecular weight is 403 g/mol. The summed E-state index contributed by atoms with van der Waals surface area (Å²) >= 11 is 0. The Morgan fingerprint density at radius 3 is 2.50 bits per heavy atom. The fraction of sp³-hybridized carbons (Fsp3) is 0.227. The molecular formula is C22H21N5O3. The topological polar surface area (TPSA) is 101 Å². The normalized spacial score (nSPS) is 13.7. The highest BCUT2D eigenvalue weighted by Crippen LogP contribution is 2.24. The van der Waals surface area contributed by atoms with Crippen LogP contribution < -0.4 is 10.2 Å². The molecule has 4 rings (SSSR count). The molecule has 1 fully saturated rings. The number of nitrogens with zero attached hydrogens (tertiary/aromatic N) is 4. The van der Waals surface area contributed by atoms with Gasteiger partial charge in [0.25, 0.3) is 11.6 Å². The Morgan fingerprint density at radius 2 is 1.77 bits per heavy atom. The van der Waals surface area contributed by atoms with Crippen LogP contribution in [0, 0.1) is 10.1 Å². The molecule has 30 heavy (non-hydrogen) atoms. The molecule has 1 aliphatic rings. The average Bonchev–Trinajstić information content (AvgIpc) is 2.80. The maximum Gasteiger partial charge on any atom is 0.270 e. The van der Waals surface area contributed by atoms with Crippen molar-refractivity contribution in [2.75, 3.05) is 23.3 Å². The Balaban J connectivity index is 1.49. The van der Waals surface area contributed by atoms with Gasteiger partial charge in [0, 0.05) is 42.0 Å². The summed E-state index contributed by atoms with van der Waals surface area (Å²) in [6, 6.07) is 16.8. The van der Waals surface area contributed by atoms with Gasteiger partial charge in [0.15, 0.2) is 5.82 Å². The first kappa shape index (κ1) is 19.5. The number of nitrogens with one attached hydrogen (secondary N) is 1. The van der Waals surface area contributed by atoms with Crippen molar-refractivity contribution in [2.24, 2.45) is 0 Å². The van der Waals surface area contributed by atoms with E-state index in [1.54, 1.807) is 12.1 Å². The molecule has 0 saturated carbocycles. The summed E-state index contributed by atoms with van der Waals surface area (Å²) in [5.74, 6) is 0.468. The zero-order valence-electron chi connectivity index (χ0n) is 16.3. The van der Waals surface area contributed by atoms with Crippen LogP contribution in [-0.4, -0.2) is 34.1 Å². The number of piperidine rings is 1. The van der Waals surface area contributed by atoms with Gasteiger partial charge in [0.1, 0.15) is 0 Å². The lowest BCUT2D eigenvalue weighted by Crippen LogP contribution is -2.30. The van der Waals surface area contributed by atoms with Crippen molar-refractivity contribution in [1.82, 2.24) is 10.2 Å². The van der Waals surface area contributed by atoms with E-state index in [-0.39, 0.29) is 11.3 Å². The van der Waals surface area contributed by atoms with Crippen molar-refractivity contribution >= 4 is 23.1 Å². The fourth-order valence-electron chi connectivity index (χ4n) is 3.49. The number of rotatable bonds is 5. The van der Waals surface area contributed by atoms with Crippen LogP contribution in [0.5, 0.6) is 0 Å². The zero-order chi connectivity index (χ0) is 20.9. The van der Waals surface area contributed by atoms with Crippen molar-refractivity contribution in [3.8, 4) is 11.3 Å². The van der Waals surface area contributed by atoms with Gasteiger partial charge in [-0.2, -0.15) is 0 Å². The van der Waals surface area contributed by atoms with E-state index in [4.69, 9.17) is 0 Å². The number of non-ortho nitro benzene ring substituents is 1. The minimum Gasteiger partial charge on any atom is -0.355 e. The van der Waals surface area contributed by atoms with Crippen LogP contribution >= 0.6 is 0 Å². The molecular weight excluding hydrogens is 382 g/mol. The first-order valence-corrected chi connectivity index (χ1v) is 9.85. The van der Waals surface area contributed by atoms with Crippen molar-refractivity contribution in [1.29, 1.82) is 0 Å². The number of nitro groups is 1. The van der Waals surface area contributed by atoms with Crippen molar-refractivity contribution in [3.63, 3.8) is 0 Å². The van der Waals surface area contributed by atoms with E-state index in [2.05, 4.69) is 20.4 Å². The highest BCUT2D eigenvalue weighted by Gasteiger charge is 2.14. The molecule has 8 nitrogen and oxygen atoms in total. The van der Waals surface area contributed by atoms with Gasteiger partial charge < -0.3 is 10.2 Å². The third-order valence-corrected chi connectivity index (χ3v) is 5.07. The van der Waals surface area contributed by atoms with Gasteiger partial charge in [-0.15, -0.1) is 10.2 Å². The number of aromatic nitrogens is 2. The first-order chi connectivity index (χ1) is 14.6. The largest absolute Gasteiger partial charge is 0.355 e. The minimum atomic E-state index is -0.524. The van der Waals surface area contributed by atoms with Crippen LogP contribution in [0.1, 0.15) is 29.6 Å². The Bertz CT molecular complexity index is 1060. The number of benzene rings is 2. The monoisotopic (exact) mass is 403 g/mol. The molecule has 2 aromatic carbocycles. The van der Waals surface area contributed by atoms with Crippen LogP contribution in [0.3, 0.4) is 0 Å². The fourth-order valence-corrected chi connectivity index (χ4v) is 3.49. The molecule has 0 spiro atoms. The Morgan fingerprint density at radius 1 is 0.967 bits per heavy atom. The van der Waals surface area contributed by atoms with Crippen LogP contribution in [0.4, 0.5) is 17.2 Å². The van der Waals surface area contributed by atoms with Crippen LogP contribution in [0.2, 0.25) is 0 Å². The van der Waals surface area contributed by atoms with Gasteiger partial charge in [-0.1, -0.05) is 18.2 Å². The molecule has 0 bridgehead atoms. The summed E-state index contributed by atoms with van der Waals surface area (Å²) in [6.45, 7) is 2.01. The Kier molecular flexibility index (Phi) is 5.65. The summed E-state index contributed by atoms with van der Waals surface area (Å²) in [5, 5.41) is 22.4. The second kappa shape index (κ2) is 8.69. The highest BCUT2D eigenvalue weighted by molar-refractivity contribution is 6.04. The van der Waals surface area contributed by atoms with E-state index >= 15 is 0 Å². The highest BCUT2D eigenvalue weighted by atomic mass is 16.6. The molecule has 152 valence electrons. The number of carbonyl (C=O) groups is 1. The van der Waals surface area contributed by atoms with Crippen molar-refractivity contribution < 1.29 is 9.72 Å². The molecule has 0 unspecified atom stereocenters. The Hall–Kier alpha value is -3.81. The molecule has 1 aliphatic heterocycles. The quantitative estimate of drug-likeness (QED) is 0.504. The van der Waals surface area contributed by atoms with Gasteiger partial charge in [0.05, 0.1) is 10.6 Å². The van der Waals surface area contributed by atoms with Crippen molar-refractivity contribution in [2.45, 2.75) is 19.3 Å². The van der Waals surface area contributed by atoms with Gasteiger partial charge >= 0.3 is 0 Å². The SMILES string of the molecule is O=C(Nc1cccc(-c2ccc(N3CCCCC3)nn2)c1)c1cccc([N+](=O)[O-])c1. The summed E-state index contributed by atoms with van der Waals surface area (Å²) in [5.41, 5.74) is 2.21. The van der Waals surface area contributed by atoms with E-state index < -0.39 is 10.8 Å². The van der Waals surface area contributed by atoms with E-state index in [0.29, 0.717) is 11.4 Å². The molecule has 0 radical (unpaired) electrons. The number of amides is 1. The van der Waals surface area contributed by atoms with E-state index in [9.17, 15) is 14.9 Å².